The van der Waals surface area contributed by atoms with Gasteiger partial charge < -0.3 is 25.5 Å². The van der Waals surface area contributed by atoms with Crippen molar-refractivity contribution in [3.63, 3.8) is 0 Å². The summed E-state index contributed by atoms with van der Waals surface area (Å²) in [6.07, 6.45) is 5.13. The largest absolute Gasteiger partial charge is 0.481 e. The van der Waals surface area contributed by atoms with Crippen molar-refractivity contribution in [3.05, 3.63) is 11.6 Å². The number of hydrogen-bond acceptors (Lipinski definition) is 5. The maximum Gasteiger partial charge on any atom is 0.312 e. The molecule has 5 aliphatic rings. The molecule has 0 bridgehead atoms. The molecular weight excluding hydrogens is 456 g/mol. The second kappa shape index (κ2) is 7.80. The summed E-state index contributed by atoms with van der Waals surface area (Å²) in [4.78, 5) is 12.8. The molecule has 4 saturated carbocycles. The minimum atomic E-state index is -1.12. The summed E-state index contributed by atoms with van der Waals surface area (Å²) < 4.78 is 0. The third-order valence-corrected chi connectivity index (χ3v) is 13.2. The number of aliphatic carboxylic acids is 1. The van der Waals surface area contributed by atoms with Crippen molar-refractivity contribution in [2.75, 3.05) is 6.61 Å². The van der Waals surface area contributed by atoms with Crippen molar-refractivity contribution < 1.29 is 30.3 Å². The number of allylic oxidation sites excluding steroid dienone is 2. The van der Waals surface area contributed by atoms with Gasteiger partial charge in [-0.25, -0.2) is 0 Å². The molecule has 0 aromatic heterocycles. The Balaban J connectivity index is 1.64. The standard InChI is InChI=1S/C30H48O6/c1-25(2)11-12-30(24(35)36)18(13-25)17-7-8-21-26(3)14-19(32)23(34)27(4,16-31)20(26)9-10-28(21,5)29(17,6)15-22(30)33/h7,18-23,31-34H,8-16H2,1-6H3,(H,35,36)/t18?,19?,20?,21?,22?,23?,26-,27-,28+,29+,30+/m0/s1. The molecule has 204 valence electrons. The number of fused-ring (bicyclic) bond motifs is 7. The third kappa shape index (κ3) is 3.02. The Labute approximate surface area is 216 Å². The van der Waals surface area contributed by atoms with Crippen LogP contribution >= 0.6 is 0 Å². The summed E-state index contributed by atoms with van der Waals surface area (Å²) in [5.41, 5.74) is -1.44. The van der Waals surface area contributed by atoms with E-state index >= 15 is 0 Å². The number of aliphatic hydroxyl groups excluding tert-OH is 4. The Kier molecular flexibility index (Phi) is 5.77. The molecule has 0 spiro atoms. The van der Waals surface area contributed by atoms with Gasteiger partial charge in [0.2, 0.25) is 0 Å². The zero-order chi connectivity index (χ0) is 26.7. The third-order valence-electron chi connectivity index (χ3n) is 13.2. The van der Waals surface area contributed by atoms with Gasteiger partial charge in [-0.1, -0.05) is 53.2 Å². The van der Waals surface area contributed by atoms with Crippen LogP contribution < -0.4 is 0 Å². The number of carbonyl (C=O) groups is 1. The van der Waals surface area contributed by atoms with Crippen molar-refractivity contribution in [2.24, 2.45) is 50.2 Å². The second-order valence-corrected chi connectivity index (χ2v) is 15.2. The maximum atomic E-state index is 12.8. The fourth-order valence-electron chi connectivity index (χ4n) is 10.9. The van der Waals surface area contributed by atoms with E-state index in [9.17, 15) is 30.3 Å². The summed E-state index contributed by atoms with van der Waals surface area (Å²) in [6.45, 7) is 13.1. The molecule has 0 amide bonds. The number of hydrogen-bond donors (Lipinski definition) is 5. The van der Waals surface area contributed by atoms with Crippen LogP contribution in [0.1, 0.15) is 92.9 Å². The Hall–Kier alpha value is -0.950. The van der Waals surface area contributed by atoms with Gasteiger partial charge in [0.25, 0.3) is 0 Å². The highest BCUT2D eigenvalue weighted by Crippen LogP contribution is 2.75. The normalized spacial score (nSPS) is 55.9. The summed E-state index contributed by atoms with van der Waals surface area (Å²) in [5, 5.41) is 54.5. The summed E-state index contributed by atoms with van der Waals surface area (Å²) >= 11 is 0. The van der Waals surface area contributed by atoms with E-state index in [2.05, 4.69) is 40.7 Å². The van der Waals surface area contributed by atoms with Crippen molar-refractivity contribution in [1.82, 2.24) is 0 Å². The highest BCUT2D eigenvalue weighted by molar-refractivity contribution is 5.77. The molecule has 11 atom stereocenters. The van der Waals surface area contributed by atoms with Gasteiger partial charge in [0.15, 0.2) is 0 Å². The van der Waals surface area contributed by atoms with Crippen molar-refractivity contribution in [3.8, 4) is 0 Å². The molecule has 5 rings (SSSR count). The number of rotatable bonds is 2. The zero-order valence-electron chi connectivity index (χ0n) is 23.0. The predicted molar refractivity (Wildman–Crippen MR) is 137 cm³/mol. The molecule has 0 aliphatic heterocycles. The topological polar surface area (TPSA) is 118 Å². The van der Waals surface area contributed by atoms with Crippen LogP contribution in [0.15, 0.2) is 11.6 Å². The first-order chi connectivity index (χ1) is 16.5. The quantitative estimate of drug-likeness (QED) is 0.361. The second-order valence-electron chi connectivity index (χ2n) is 15.2. The lowest BCUT2D eigenvalue weighted by atomic mass is 9.33. The molecule has 0 saturated heterocycles. The van der Waals surface area contributed by atoms with Crippen LogP contribution in [0, 0.1) is 50.2 Å². The lowest BCUT2D eigenvalue weighted by Gasteiger charge is -2.72. The average molecular weight is 505 g/mol. The highest BCUT2D eigenvalue weighted by atomic mass is 16.4. The Morgan fingerprint density at radius 3 is 2.22 bits per heavy atom. The van der Waals surface area contributed by atoms with Gasteiger partial charge >= 0.3 is 5.97 Å². The van der Waals surface area contributed by atoms with E-state index in [1.54, 1.807) is 0 Å². The zero-order valence-corrected chi connectivity index (χ0v) is 23.0. The Morgan fingerprint density at radius 1 is 0.944 bits per heavy atom. The van der Waals surface area contributed by atoms with Gasteiger partial charge in [-0.2, -0.15) is 0 Å². The van der Waals surface area contributed by atoms with Gasteiger partial charge in [-0.15, -0.1) is 0 Å². The van der Waals surface area contributed by atoms with Gasteiger partial charge in [-0.3, -0.25) is 4.79 Å². The molecule has 0 heterocycles. The first-order valence-corrected chi connectivity index (χ1v) is 14.1. The average Bonchev–Trinajstić information content (AvgIpc) is 2.77. The molecular formula is C30H48O6. The molecule has 6 unspecified atom stereocenters. The first kappa shape index (κ1) is 26.6. The van der Waals surface area contributed by atoms with Crippen LogP contribution in [0.2, 0.25) is 0 Å². The van der Waals surface area contributed by atoms with E-state index in [1.807, 2.05) is 6.92 Å². The fraction of sp³-hybridized carbons (Fsp3) is 0.900. The molecule has 4 fully saturated rings. The summed E-state index contributed by atoms with van der Waals surface area (Å²) in [5.74, 6) is -0.765. The molecule has 5 aliphatic carbocycles. The Morgan fingerprint density at radius 2 is 1.61 bits per heavy atom. The van der Waals surface area contributed by atoms with Crippen LogP contribution in [-0.2, 0) is 4.79 Å². The van der Waals surface area contributed by atoms with E-state index in [0.717, 1.165) is 32.1 Å². The number of carboxylic acids is 1. The monoisotopic (exact) mass is 504 g/mol. The Bertz CT molecular complexity index is 974. The molecule has 5 N–H and O–H groups in total. The highest BCUT2D eigenvalue weighted by Gasteiger charge is 2.72. The van der Waals surface area contributed by atoms with E-state index in [0.29, 0.717) is 19.3 Å². The van der Waals surface area contributed by atoms with Gasteiger partial charge in [0.05, 0.1) is 24.9 Å². The van der Waals surface area contributed by atoms with Gasteiger partial charge in [0, 0.05) is 5.41 Å². The molecule has 36 heavy (non-hydrogen) atoms. The lowest BCUT2D eigenvalue weighted by Crippen LogP contribution is -2.69. The van der Waals surface area contributed by atoms with Crippen LogP contribution in [0.5, 0.6) is 0 Å². The van der Waals surface area contributed by atoms with E-state index in [4.69, 9.17) is 0 Å². The summed E-state index contributed by atoms with van der Waals surface area (Å²) in [7, 11) is 0. The molecule has 6 nitrogen and oxygen atoms in total. The van der Waals surface area contributed by atoms with E-state index in [1.165, 1.54) is 5.57 Å². The van der Waals surface area contributed by atoms with Crippen LogP contribution in [0.3, 0.4) is 0 Å². The van der Waals surface area contributed by atoms with Crippen molar-refractivity contribution in [1.29, 1.82) is 0 Å². The number of carboxylic acid groups (broad SMARTS) is 1. The smallest absolute Gasteiger partial charge is 0.312 e. The van der Waals surface area contributed by atoms with Gasteiger partial charge in [0.1, 0.15) is 5.41 Å². The lowest BCUT2D eigenvalue weighted by molar-refractivity contribution is -0.248. The SMILES string of the molecule is CC1(C)CC[C@]2(C(=O)O)C(O)C[C@]3(C)C(=CCC4[C@@]5(C)CC(O)C(O)[C@@](C)(CO)C5CC[C@]43C)C2C1. The molecule has 0 radical (unpaired) electrons. The van der Waals surface area contributed by atoms with E-state index in [-0.39, 0.29) is 46.0 Å². The minimum Gasteiger partial charge on any atom is -0.481 e. The van der Waals surface area contributed by atoms with Crippen LogP contribution in [0.25, 0.3) is 0 Å². The van der Waals surface area contributed by atoms with Crippen molar-refractivity contribution >= 4 is 5.97 Å². The minimum absolute atomic E-state index is 0.0242. The molecule has 0 aromatic rings. The van der Waals surface area contributed by atoms with Crippen LogP contribution in [-0.4, -0.2) is 56.4 Å². The van der Waals surface area contributed by atoms with Crippen LogP contribution in [0.4, 0.5) is 0 Å². The fourth-order valence-corrected chi connectivity index (χ4v) is 10.9. The van der Waals surface area contributed by atoms with Crippen molar-refractivity contribution in [2.45, 2.75) is 111 Å². The molecule has 0 aromatic carbocycles. The number of aliphatic hydroxyl groups is 4. The first-order valence-electron chi connectivity index (χ1n) is 14.1. The van der Waals surface area contributed by atoms with Gasteiger partial charge in [-0.05, 0) is 90.8 Å². The summed E-state index contributed by atoms with van der Waals surface area (Å²) in [6, 6.07) is 0. The van der Waals surface area contributed by atoms with E-state index < -0.39 is 35.1 Å². The molecule has 6 heteroatoms. The maximum absolute atomic E-state index is 12.8. The predicted octanol–water partition coefficient (Wildman–Crippen LogP) is 4.15.